The van der Waals surface area contributed by atoms with E-state index in [0.29, 0.717) is 16.6 Å². The number of carbonyl (C=O) groups excluding carboxylic acids is 3. The molecule has 0 N–H and O–H groups in total. The van der Waals surface area contributed by atoms with Crippen LogP contribution in [0.3, 0.4) is 0 Å². The van der Waals surface area contributed by atoms with Gasteiger partial charge in [0.15, 0.2) is 0 Å². The van der Waals surface area contributed by atoms with Crippen LogP contribution in [0.4, 0.5) is 4.79 Å². The molecule has 1 atom stereocenters. The van der Waals surface area contributed by atoms with Gasteiger partial charge in [-0.1, -0.05) is 35.3 Å². The number of nitrogens with zero attached hydrogens (tertiary/aromatic N) is 2. The smallest absolute Gasteiger partial charge is 0.410 e. The molecule has 9 nitrogen and oxygen atoms in total. The van der Waals surface area contributed by atoms with Crippen LogP contribution in [-0.4, -0.2) is 79.6 Å². The van der Waals surface area contributed by atoms with Crippen LogP contribution in [0.1, 0.15) is 52.0 Å². The fraction of sp³-hybridized carbons (Fsp3) is 0.640. The number of halogens is 2. The summed E-state index contributed by atoms with van der Waals surface area (Å²) < 4.78 is 20.8. The van der Waals surface area contributed by atoms with E-state index in [1.165, 1.54) is 19.1 Å². The van der Waals surface area contributed by atoms with Crippen molar-refractivity contribution in [3.63, 3.8) is 0 Å². The van der Waals surface area contributed by atoms with Crippen molar-refractivity contribution in [3.8, 4) is 0 Å². The third-order valence-corrected chi connectivity index (χ3v) is 6.31. The van der Waals surface area contributed by atoms with Crippen LogP contribution in [0.2, 0.25) is 10.0 Å². The topological polar surface area (TPSA) is 94.6 Å². The average Bonchev–Trinajstić information content (AvgIpc) is 3.63. The van der Waals surface area contributed by atoms with Crippen LogP contribution in [0.15, 0.2) is 18.2 Å². The van der Waals surface area contributed by atoms with Gasteiger partial charge >= 0.3 is 12.1 Å². The molecule has 11 heteroatoms. The quantitative estimate of drug-likeness (QED) is 0.201. The average molecular weight is 547 g/mol. The Bertz CT molecular complexity index is 903. The van der Waals surface area contributed by atoms with Crippen LogP contribution in [0.5, 0.6) is 0 Å². The van der Waals surface area contributed by atoms with Crippen LogP contribution in [0, 0.1) is 0 Å². The summed E-state index contributed by atoms with van der Waals surface area (Å²) in [4.78, 5) is 41.6. The first kappa shape index (κ1) is 30.2. The lowest BCUT2D eigenvalue weighted by Gasteiger charge is -2.34. The molecule has 1 saturated carbocycles. The number of hydrogen-bond donors (Lipinski definition) is 0. The number of amides is 2. The number of rotatable bonds is 13. The largest absolute Gasteiger partial charge is 0.469 e. The number of esters is 1. The fourth-order valence-corrected chi connectivity index (χ4v) is 3.94. The van der Waals surface area contributed by atoms with Crippen LogP contribution in [0.25, 0.3) is 0 Å². The summed E-state index contributed by atoms with van der Waals surface area (Å²) in [6.45, 7) is 5.52. The van der Waals surface area contributed by atoms with E-state index in [1.807, 2.05) is 6.07 Å². The number of ether oxygens (including phenoxy) is 4. The summed E-state index contributed by atoms with van der Waals surface area (Å²) in [5, 5.41) is 0.827. The molecule has 0 radical (unpaired) electrons. The third-order valence-electron chi connectivity index (χ3n) is 5.46. The van der Waals surface area contributed by atoms with Crippen molar-refractivity contribution in [3.05, 3.63) is 33.8 Å². The van der Waals surface area contributed by atoms with E-state index in [-0.39, 0.29) is 44.7 Å². The van der Waals surface area contributed by atoms with E-state index in [0.717, 1.165) is 18.4 Å². The summed E-state index contributed by atoms with van der Waals surface area (Å²) in [7, 11) is 2.75. The molecule has 1 aliphatic rings. The highest BCUT2D eigenvalue weighted by Gasteiger charge is 2.36. The Morgan fingerprint density at radius 2 is 1.83 bits per heavy atom. The minimum Gasteiger partial charge on any atom is -0.469 e. The van der Waals surface area contributed by atoms with Gasteiger partial charge in [-0.05, 0) is 45.2 Å². The zero-order valence-electron chi connectivity index (χ0n) is 21.6. The predicted molar refractivity (Wildman–Crippen MR) is 136 cm³/mol. The molecule has 0 aliphatic heterocycles. The Balaban J connectivity index is 2.27. The van der Waals surface area contributed by atoms with Crippen molar-refractivity contribution in [2.24, 2.45) is 0 Å². The molecule has 0 aromatic heterocycles. The van der Waals surface area contributed by atoms with Gasteiger partial charge in [0.25, 0.3) is 0 Å². The predicted octanol–water partition coefficient (Wildman–Crippen LogP) is 4.66. The zero-order valence-corrected chi connectivity index (χ0v) is 23.1. The first-order chi connectivity index (χ1) is 17.0. The maximum Gasteiger partial charge on any atom is 0.410 e. The van der Waals surface area contributed by atoms with Crippen LogP contribution >= 0.6 is 23.2 Å². The molecule has 36 heavy (non-hydrogen) atoms. The van der Waals surface area contributed by atoms with E-state index in [9.17, 15) is 14.4 Å². The molecule has 0 spiro atoms. The normalized spacial score (nSPS) is 14.2. The fourth-order valence-electron chi connectivity index (χ4n) is 3.56. The molecular weight excluding hydrogens is 511 g/mol. The van der Waals surface area contributed by atoms with Gasteiger partial charge in [-0.15, -0.1) is 0 Å². The molecule has 0 unspecified atom stereocenters. The summed E-state index contributed by atoms with van der Waals surface area (Å²) >= 11 is 12.5. The molecule has 2 rings (SSSR count). The van der Waals surface area contributed by atoms with Crippen molar-refractivity contribution >= 4 is 41.2 Å². The minimum atomic E-state index is -0.772. The van der Waals surface area contributed by atoms with Crippen molar-refractivity contribution in [2.75, 3.05) is 34.2 Å². The number of methoxy groups -OCH3 is 2. The van der Waals surface area contributed by atoms with E-state index in [2.05, 4.69) is 0 Å². The lowest BCUT2D eigenvalue weighted by atomic mass is 10.1. The van der Waals surface area contributed by atoms with Crippen molar-refractivity contribution in [1.82, 2.24) is 9.80 Å². The van der Waals surface area contributed by atoms with E-state index < -0.39 is 23.7 Å². The monoisotopic (exact) mass is 546 g/mol. The Morgan fingerprint density at radius 3 is 2.42 bits per heavy atom. The van der Waals surface area contributed by atoms with Crippen molar-refractivity contribution in [2.45, 2.75) is 70.7 Å². The number of benzene rings is 1. The second-order valence-corrected chi connectivity index (χ2v) is 10.4. The Kier molecular flexibility index (Phi) is 11.7. The third kappa shape index (κ3) is 9.76. The first-order valence-electron chi connectivity index (χ1n) is 11.8. The van der Waals surface area contributed by atoms with E-state index >= 15 is 0 Å². The van der Waals surface area contributed by atoms with Gasteiger partial charge in [0.1, 0.15) is 12.4 Å². The second-order valence-electron chi connectivity index (χ2n) is 9.60. The van der Waals surface area contributed by atoms with Crippen molar-refractivity contribution < 1.29 is 33.3 Å². The molecule has 0 saturated heterocycles. The highest BCUT2D eigenvalue weighted by molar-refractivity contribution is 6.42. The Labute approximate surface area is 222 Å². The number of hydrogen-bond acceptors (Lipinski definition) is 7. The summed E-state index contributed by atoms with van der Waals surface area (Å²) in [6, 6.07) is 4.69. The molecule has 2 amide bonds. The van der Waals surface area contributed by atoms with Crippen LogP contribution in [-0.2, 0) is 35.1 Å². The summed E-state index contributed by atoms with van der Waals surface area (Å²) in [6.07, 6.45) is 1.01. The molecule has 1 fully saturated rings. The second kappa shape index (κ2) is 14.0. The van der Waals surface area contributed by atoms with Gasteiger partial charge in [-0.3, -0.25) is 9.59 Å². The number of carbonyl (C=O) groups is 3. The summed E-state index contributed by atoms with van der Waals surface area (Å²) in [5.74, 6) is -0.659. The lowest BCUT2D eigenvalue weighted by Crippen LogP contribution is -2.49. The van der Waals surface area contributed by atoms with Gasteiger partial charge in [0.05, 0.1) is 36.2 Å². The molecule has 1 aliphatic carbocycles. The maximum atomic E-state index is 13.6. The van der Waals surface area contributed by atoms with Crippen LogP contribution < -0.4 is 0 Å². The maximum absolute atomic E-state index is 13.6. The minimum absolute atomic E-state index is 0.000570. The van der Waals surface area contributed by atoms with E-state index in [4.69, 9.17) is 42.1 Å². The Hall–Kier alpha value is -2.07. The Morgan fingerprint density at radius 1 is 1.14 bits per heavy atom. The van der Waals surface area contributed by atoms with Gasteiger partial charge in [-0.2, -0.15) is 0 Å². The van der Waals surface area contributed by atoms with Gasteiger partial charge in [-0.25, -0.2) is 4.79 Å². The van der Waals surface area contributed by atoms with E-state index in [1.54, 1.807) is 37.8 Å². The van der Waals surface area contributed by atoms with Crippen molar-refractivity contribution in [1.29, 1.82) is 0 Å². The first-order valence-corrected chi connectivity index (χ1v) is 12.6. The SMILES string of the molecule is COCOC[C@H](CC(=O)N(Cc1cccc(Cl)c1Cl)C1CC1)N(CCC(=O)OC)C(=O)OC(C)(C)C. The molecule has 202 valence electrons. The highest BCUT2D eigenvalue weighted by Crippen LogP contribution is 2.33. The molecular formula is C25H36Cl2N2O7. The molecule has 0 heterocycles. The molecule has 0 bridgehead atoms. The van der Waals surface area contributed by atoms with Gasteiger partial charge in [0, 0.05) is 32.7 Å². The van der Waals surface area contributed by atoms with Gasteiger partial charge < -0.3 is 28.7 Å². The van der Waals surface area contributed by atoms with Gasteiger partial charge in [0.2, 0.25) is 5.91 Å². The standard InChI is InChI=1S/C25H36Cl2N2O7/c1-25(2,3)36-24(32)28(12-11-22(31)34-5)19(15-35-16-33-4)13-21(30)29(18-9-10-18)14-17-7-6-8-20(26)23(17)27/h6-8,18-19H,9-16H2,1-5H3/t19-/m0/s1. The lowest BCUT2D eigenvalue weighted by molar-refractivity contribution is -0.141. The molecule has 1 aromatic rings. The summed E-state index contributed by atoms with van der Waals surface area (Å²) in [5.41, 5.74) is -0.0300. The zero-order chi connectivity index (χ0) is 26.9. The molecule has 1 aromatic carbocycles. The highest BCUT2D eigenvalue weighted by atomic mass is 35.5.